The van der Waals surface area contributed by atoms with Gasteiger partial charge in [-0.3, -0.25) is 4.40 Å². The lowest BCUT2D eigenvalue weighted by Crippen LogP contribution is -2.30. The Kier molecular flexibility index (Phi) is 3.53. The minimum atomic E-state index is -2.93. The van der Waals surface area contributed by atoms with E-state index in [4.69, 9.17) is 0 Å². The second kappa shape index (κ2) is 5.70. The fourth-order valence-electron chi connectivity index (χ4n) is 4.35. The molecule has 1 aliphatic heterocycles. The van der Waals surface area contributed by atoms with Gasteiger partial charge in [-0.05, 0) is 37.7 Å². The van der Waals surface area contributed by atoms with Crippen LogP contribution in [0.3, 0.4) is 0 Å². The molecule has 1 aliphatic carbocycles. The van der Waals surface area contributed by atoms with E-state index in [-0.39, 0.29) is 11.2 Å². The standard InChI is InChI=1S/C18H23N5O2S/c1-2-13-7-12(11-26(24,25)14-3-4-14)10-22(13)17-9-20-16-8-21-18-15(23(16)17)5-6-19-18/h5-6,8-9,12-14,19H,2-4,7,10-11H2,1H3/t12-,13+/m0/s1. The van der Waals surface area contributed by atoms with Crippen molar-refractivity contribution in [3.05, 3.63) is 24.7 Å². The molecule has 138 valence electrons. The number of sulfone groups is 1. The van der Waals surface area contributed by atoms with Crippen LogP contribution >= 0.6 is 0 Å². The molecule has 1 N–H and O–H groups in total. The van der Waals surface area contributed by atoms with Crippen molar-refractivity contribution in [1.82, 2.24) is 19.4 Å². The Balaban J connectivity index is 1.50. The zero-order valence-electron chi connectivity index (χ0n) is 14.8. The van der Waals surface area contributed by atoms with Crippen molar-refractivity contribution in [2.45, 2.75) is 43.9 Å². The number of fused-ring (bicyclic) bond motifs is 3. The van der Waals surface area contributed by atoms with Gasteiger partial charge in [-0.25, -0.2) is 18.4 Å². The maximum atomic E-state index is 12.4. The lowest BCUT2D eigenvalue weighted by Gasteiger charge is -2.25. The fourth-order valence-corrected chi connectivity index (χ4v) is 6.37. The smallest absolute Gasteiger partial charge is 0.157 e. The molecule has 0 amide bonds. The first-order chi connectivity index (χ1) is 12.6. The minimum Gasteiger partial charge on any atom is -0.353 e. The molecule has 0 spiro atoms. The highest BCUT2D eigenvalue weighted by Crippen LogP contribution is 2.36. The first-order valence-electron chi connectivity index (χ1n) is 9.34. The van der Waals surface area contributed by atoms with Crippen LogP contribution < -0.4 is 4.90 Å². The van der Waals surface area contributed by atoms with Crippen LogP contribution in [0.25, 0.3) is 16.8 Å². The van der Waals surface area contributed by atoms with Crippen molar-refractivity contribution >= 4 is 32.5 Å². The number of nitrogens with zero attached hydrogens (tertiary/aromatic N) is 4. The number of hydrogen-bond acceptors (Lipinski definition) is 5. The summed E-state index contributed by atoms with van der Waals surface area (Å²) in [4.78, 5) is 14.4. The maximum absolute atomic E-state index is 12.4. The highest BCUT2D eigenvalue weighted by atomic mass is 32.2. The minimum absolute atomic E-state index is 0.0713. The first-order valence-corrected chi connectivity index (χ1v) is 11.1. The molecule has 7 nitrogen and oxygen atoms in total. The van der Waals surface area contributed by atoms with Crippen LogP contribution in [0.15, 0.2) is 24.7 Å². The van der Waals surface area contributed by atoms with Crippen LogP contribution in [0.1, 0.15) is 32.6 Å². The van der Waals surface area contributed by atoms with Gasteiger partial charge in [0.2, 0.25) is 0 Å². The van der Waals surface area contributed by atoms with Crippen LogP contribution in [0.5, 0.6) is 0 Å². The van der Waals surface area contributed by atoms with Crippen molar-refractivity contribution in [2.24, 2.45) is 5.92 Å². The molecule has 3 aromatic rings. The third-order valence-electron chi connectivity index (χ3n) is 5.79. The topological polar surface area (TPSA) is 83.4 Å². The summed E-state index contributed by atoms with van der Waals surface area (Å²) in [5.74, 6) is 1.55. The number of anilines is 1. The molecule has 4 heterocycles. The Morgan fingerprint density at radius 1 is 1.27 bits per heavy atom. The average molecular weight is 373 g/mol. The second-order valence-corrected chi connectivity index (χ2v) is 9.95. The summed E-state index contributed by atoms with van der Waals surface area (Å²) in [7, 11) is -2.93. The largest absolute Gasteiger partial charge is 0.353 e. The van der Waals surface area contributed by atoms with Gasteiger partial charge in [-0.15, -0.1) is 0 Å². The van der Waals surface area contributed by atoms with Gasteiger partial charge in [0, 0.05) is 18.8 Å². The summed E-state index contributed by atoms with van der Waals surface area (Å²) in [6.07, 6.45) is 9.17. The molecular formula is C18H23N5O2S. The summed E-state index contributed by atoms with van der Waals surface area (Å²) in [6, 6.07) is 2.35. The molecule has 0 radical (unpaired) electrons. The normalized spacial score (nSPS) is 24.1. The Labute approximate surface area is 152 Å². The van der Waals surface area contributed by atoms with Gasteiger partial charge in [0.1, 0.15) is 5.82 Å². The SMILES string of the molecule is CC[C@@H]1C[C@H](CS(=O)(=O)C2CC2)CN1c1cnc2cnc3[nH]ccc3n12. The predicted octanol–water partition coefficient (Wildman–Crippen LogP) is 2.39. The summed E-state index contributed by atoms with van der Waals surface area (Å²) in [5.41, 5.74) is 2.65. The van der Waals surface area contributed by atoms with Crippen molar-refractivity contribution in [1.29, 1.82) is 0 Å². The number of hydrogen-bond donors (Lipinski definition) is 1. The molecule has 0 unspecified atom stereocenters. The molecule has 1 saturated heterocycles. The van der Waals surface area contributed by atoms with E-state index in [1.165, 1.54) is 0 Å². The quantitative estimate of drug-likeness (QED) is 0.742. The van der Waals surface area contributed by atoms with Crippen LogP contribution in [-0.4, -0.2) is 51.4 Å². The number of H-pyrrole nitrogens is 1. The fraction of sp³-hybridized carbons (Fsp3) is 0.556. The highest BCUT2D eigenvalue weighted by Gasteiger charge is 2.41. The lowest BCUT2D eigenvalue weighted by molar-refractivity contribution is 0.555. The number of aromatic amines is 1. The van der Waals surface area contributed by atoms with Gasteiger partial charge in [-0.1, -0.05) is 6.92 Å². The van der Waals surface area contributed by atoms with Crippen molar-refractivity contribution < 1.29 is 8.42 Å². The highest BCUT2D eigenvalue weighted by molar-refractivity contribution is 7.92. The van der Waals surface area contributed by atoms with E-state index in [0.717, 1.165) is 54.9 Å². The zero-order chi connectivity index (χ0) is 17.9. The molecule has 2 atom stereocenters. The third kappa shape index (κ3) is 2.50. The van der Waals surface area contributed by atoms with E-state index in [9.17, 15) is 8.42 Å². The van der Waals surface area contributed by atoms with Crippen molar-refractivity contribution in [3.8, 4) is 0 Å². The van der Waals surface area contributed by atoms with Gasteiger partial charge in [0.05, 0.1) is 28.9 Å². The van der Waals surface area contributed by atoms with E-state index < -0.39 is 9.84 Å². The molecule has 26 heavy (non-hydrogen) atoms. The molecule has 8 heteroatoms. The average Bonchev–Trinajstić information content (AvgIpc) is 3.06. The Hall–Kier alpha value is -2.09. The van der Waals surface area contributed by atoms with E-state index in [0.29, 0.717) is 11.8 Å². The van der Waals surface area contributed by atoms with Gasteiger partial charge in [0.25, 0.3) is 0 Å². The second-order valence-electron chi connectivity index (χ2n) is 7.62. The van der Waals surface area contributed by atoms with Crippen LogP contribution in [-0.2, 0) is 9.84 Å². The number of nitrogens with one attached hydrogen (secondary N) is 1. The molecule has 1 saturated carbocycles. The van der Waals surface area contributed by atoms with E-state index in [1.807, 2.05) is 18.5 Å². The zero-order valence-corrected chi connectivity index (χ0v) is 15.6. The predicted molar refractivity (Wildman–Crippen MR) is 101 cm³/mol. The van der Waals surface area contributed by atoms with Gasteiger partial charge in [-0.2, -0.15) is 0 Å². The van der Waals surface area contributed by atoms with E-state index in [1.54, 1.807) is 6.20 Å². The number of rotatable bonds is 5. The van der Waals surface area contributed by atoms with Gasteiger partial charge < -0.3 is 9.88 Å². The molecule has 0 bridgehead atoms. The van der Waals surface area contributed by atoms with Crippen LogP contribution in [0.2, 0.25) is 0 Å². The van der Waals surface area contributed by atoms with Crippen molar-refractivity contribution in [2.75, 3.05) is 17.2 Å². The van der Waals surface area contributed by atoms with Gasteiger partial charge in [0.15, 0.2) is 21.1 Å². The Bertz CT molecular complexity index is 1070. The summed E-state index contributed by atoms with van der Waals surface area (Å²) in [5, 5.41) is -0.0713. The molecule has 3 aromatic heterocycles. The molecule has 5 rings (SSSR count). The Morgan fingerprint density at radius 2 is 2.12 bits per heavy atom. The monoisotopic (exact) mass is 373 g/mol. The number of imidazole rings is 1. The van der Waals surface area contributed by atoms with E-state index >= 15 is 0 Å². The van der Waals surface area contributed by atoms with Crippen LogP contribution in [0, 0.1) is 5.92 Å². The lowest BCUT2D eigenvalue weighted by atomic mass is 10.1. The molecule has 2 aliphatic rings. The van der Waals surface area contributed by atoms with Crippen LogP contribution in [0.4, 0.5) is 5.82 Å². The molecule has 0 aromatic carbocycles. The number of aromatic nitrogens is 4. The third-order valence-corrected chi connectivity index (χ3v) is 8.21. The molecule has 2 fully saturated rings. The van der Waals surface area contributed by atoms with Crippen molar-refractivity contribution in [3.63, 3.8) is 0 Å². The Morgan fingerprint density at radius 3 is 2.88 bits per heavy atom. The van der Waals surface area contributed by atoms with E-state index in [2.05, 4.69) is 31.2 Å². The summed E-state index contributed by atoms with van der Waals surface area (Å²) in [6.45, 7) is 2.94. The first kappa shape index (κ1) is 16.1. The maximum Gasteiger partial charge on any atom is 0.157 e. The summed E-state index contributed by atoms with van der Waals surface area (Å²) >= 11 is 0. The van der Waals surface area contributed by atoms with Gasteiger partial charge >= 0.3 is 0 Å². The summed E-state index contributed by atoms with van der Waals surface area (Å²) < 4.78 is 27.0. The molecular weight excluding hydrogens is 350 g/mol.